The van der Waals surface area contributed by atoms with E-state index in [1.165, 1.54) is 53.9 Å². The fourth-order valence-electron chi connectivity index (χ4n) is 4.08. The summed E-state index contributed by atoms with van der Waals surface area (Å²) in [6, 6.07) is 17.1. The highest BCUT2D eigenvalue weighted by molar-refractivity contribution is 7.19. The van der Waals surface area contributed by atoms with Crippen LogP contribution in [0.5, 0.6) is 0 Å². The van der Waals surface area contributed by atoms with Gasteiger partial charge in [0.1, 0.15) is 5.01 Å². The van der Waals surface area contributed by atoms with Crippen LogP contribution in [0.4, 0.5) is 5.69 Å². The minimum absolute atomic E-state index is 1.05. The molecule has 1 aliphatic heterocycles. The summed E-state index contributed by atoms with van der Waals surface area (Å²) in [5.41, 5.74) is 4.90. The van der Waals surface area contributed by atoms with Crippen LogP contribution in [0, 0.1) is 0 Å². The molecule has 0 radical (unpaired) electrons. The Hall–Kier alpha value is -2.43. The fraction of sp³-hybridized carbons (Fsp3) is 0.346. The second-order valence-corrected chi connectivity index (χ2v) is 9.80. The molecule has 0 saturated heterocycles. The third-order valence-corrected chi connectivity index (χ3v) is 6.81. The lowest BCUT2D eigenvalue weighted by molar-refractivity contribution is -0.890. The van der Waals surface area contributed by atoms with Gasteiger partial charge in [0, 0.05) is 30.4 Å². The van der Waals surface area contributed by atoms with Crippen molar-refractivity contribution in [2.24, 2.45) is 0 Å². The monoisotopic (exact) mass is 418 g/mol. The Balaban J connectivity index is 1.51. The van der Waals surface area contributed by atoms with Gasteiger partial charge in [0.15, 0.2) is 0 Å². The summed E-state index contributed by atoms with van der Waals surface area (Å²) in [5.74, 6) is 0. The van der Waals surface area contributed by atoms with Crippen LogP contribution in [0.15, 0.2) is 60.8 Å². The molecule has 2 aromatic carbocycles. The molecule has 0 unspecified atom stereocenters. The van der Waals surface area contributed by atoms with Gasteiger partial charge >= 0.3 is 0 Å². The van der Waals surface area contributed by atoms with E-state index in [9.17, 15) is 0 Å². The zero-order valence-electron chi connectivity index (χ0n) is 18.3. The summed E-state index contributed by atoms with van der Waals surface area (Å²) in [7, 11) is 4.71. The first-order chi connectivity index (χ1) is 14.6. The Morgan fingerprint density at radius 3 is 2.60 bits per heavy atom. The number of hydrogen-bond donors (Lipinski definition) is 0. The number of anilines is 1. The van der Waals surface area contributed by atoms with Crippen molar-refractivity contribution < 1.29 is 4.48 Å². The highest BCUT2D eigenvalue weighted by Crippen LogP contribution is 2.35. The largest absolute Gasteiger partial charge is 0.347 e. The van der Waals surface area contributed by atoms with Crippen LogP contribution in [0.25, 0.3) is 21.9 Å². The second-order valence-electron chi connectivity index (χ2n) is 8.74. The third kappa shape index (κ3) is 4.82. The zero-order chi connectivity index (χ0) is 21.0. The first kappa shape index (κ1) is 20.8. The van der Waals surface area contributed by atoms with E-state index < -0.39 is 0 Å². The van der Waals surface area contributed by atoms with Gasteiger partial charge in [-0.15, -0.1) is 11.3 Å². The number of fused-ring (bicyclic) bond motifs is 2. The smallest absolute Gasteiger partial charge is 0.117 e. The van der Waals surface area contributed by atoms with Crippen LogP contribution in [-0.2, 0) is 0 Å². The van der Waals surface area contributed by atoms with E-state index in [2.05, 4.69) is 92.8 Å². The molecule has 2 heterocycles. The molecule has 0 N–H and O–H groups in total. The van der Waals surface area contributed by atoms with Crippen molar-refractivity contribution in [2.45, 2.75) is 26.2 Å². The van der Waals surface area contributed by atoms with E-state index in [1.807, 2.05) is 0 Å². The van der Waals surface area contributed by atoms with Crippen molar-refractivity contribution in [3.8, 4) is 0 Å². The predicted octanol–water partition coefficient (Wildman–Crippen LogP) is 6.44. The Morgan fingerprint density at radius 1 is 1.00 bits per heavy atom. The molecule has 1 aliphatic rings. The van der Waals surface area contributed by atoms with Gasteiger partial charge in [-0.05, 0) is 42.3 Å². The quantitative estimate of drug-likeness (QED) is 0.391. The molecule has 156 valence electrons. The molecule has 0 saturated carbocycles. The van der Waals surface area contributed by atoms with Crippen LogP contribution in [0.2, 0.25) is 0 Å². The number of rotatable bonds is 8. The zero-order valence-corrected chi connectivity index (χ0v) is 19.2. The number of para-hydroxylation sites is 2. The summed E-state index contributed by atoms with van der Waals surface area (Å²) in [6.45, 7) is 5.80. The van der Waals surface area contributed by atoms with Crippen LogP contribution in [-0.4, -0.2) is 43.2 Å². The maximum Gasteiger partial charge on any atom is 0.117 e. The van der Waals surface area contributed by atoms with Gasteiger partial charge < -0.3 is 9.38 Å². The average Bonchev–Trinajstić information content (AvgIpc) is 3.16. The van der Waals surface area contributed by atoms with E-state index in [-0.39, 0.29) is 0 Å². The predicted molar refractivity (Wildman–Crippen MR) is 132 cm³/mol. The van der Waals surface area contributed by atoms with Gasteiger partial charge in [-0.25, -0.2) is 4.98 Å². The molecule has 0 bridgehead atoms. The molecule has 0 amide bonds. The number of benzene rings is 2. The summed E-state index contributed by atoms with van der Waals surface area (Å²) in [4.78, 5) is 7.20. The standard InChI is InChI=1S/C26H32N3S/c1-4-5-18-29(2,3)19-10-16-28-17-15-21(22-11-6-8-13-24(22)28)20-26-27-23-12-7-9-14-25(23)30-26/h6-9,11-15,17,20H,4-5,10,16,18-19H2,1-3H3/q+1/b21-20-. The average molecular weight is 419 g/mol. The molecule has 4 rings (SSSR count). The highest BCUT2D eigenvalue weighted by Gasteiger charge is 2.18. The van der Waals surface area contributed by atoms with Crippen LogP contribution >= 0.6 is 11.3 Å². The molecule has 1 aromatic heterocycles. The molecular formula is C26H32N3S+. The van der Waals surface area contributed by atoms with Crippen LogP contribution in [0.3, 0.4) is 0 Å². The number of aromatic nitrogens is 1. The Labute approximate surface area is 184 Å². The highest BCUT2D eigenvalue weighted by atomic mass is 32.1. The molecule has 30 heavy (non-hydrogen) atoms. The Morgan fingerprint density at radius 2 is 1.77 bits per heavy atom. The second kappa shape index (κ2) is 9.15. The van der Waals surface area contributed by atoms with Gasteiger partial charge in [0.05, 0.1) is 37.4 Å². The normalized spacial score (nSPS) is 15.2. The third-order valence-electron chi connectivity index (χ3n) is 5.83. The van der Waals surface area contributed by atoms with E-state index in [0.29, 0.717) is 0 Å². The van der Waals surface area contributed by atoms with Gasteiger partial charge in [0.25, 0.3) is 0 Å². The van der Waals surface area contributed by atoms with Crippen molar-refractivity contribution in [1.82, 2.24) is 4.98 Å². The van der Waals surface area contributed by atoms with E-state index in [4.69, 9.17) is 4.98 Å². The summed E-state index contributed by atoms with van der Waals surface area (Å²) < 4.78 is 2.35. The van der Waals surface area contributed by atoms with Crippen LogP contribution in [0.1, 0.15) is 36.8 Å². The molecule has 0 atom stereocenters. The molecule has 0 spiro atoms. The summed E-state index contributed by atoms with van der Waals surface area (Å²) in [5, 5.41) is 1.06. The van der Waals surface area contributed by atoms with Crippen molar-refractivity contribution in [1.29, 1.82) is 0 Å². The SMILES string of the molecule is CCCC[N+](C)(C)CCCN1C=C/C(=C/c2nc3ccccc3s2)c2ccccc21. The maximum absolute atomic E-state index is 4.79. The molecule has 3 nitrogen and oxygen atoms in total. The van der Waals surface area contributed by atoms with Crippen molar-refractivity contribution in [2.75, 3.05) is 38.6 Å². The minimum Gasteiger partial charge on any atom is -0.347 e. The van der Waals surface area contributed by atoms with Crippen molar-refractivity contribution >= 4 is 38.9 Å². The van der Waals surface area contributed by atoms with E-state index in [1.54, 1.807) is 11.3 Å². The fourth-order valence-corrected chi connectivity index (χ4v) is 5.00. The lowest BCUT2D eigenvalue weighted by Gasteiger charge is -2.32. The lowest BCUT2D eigenvalue weighted by Crippen LogP contribution is -2.42. The Kier molecular flexibility index (Phi) is 6.35. The molecule has 0 aliphatic carbocycles. The first-order valence-corrected chi connectivity index (χ1v) is 11.8. The number of quaternary nitrogens is 1. The molecule has 4 heteroatoms. The molecule has 3 aromatic rings. The summed E-state index contributed by atoms with van der Waals surface area (Å²) in [6.07, 6.45) is 10.5. The Bertz CT molecular complexity index is 1030. The van der Waals surface area contributed by atoms with Gasteiger partial charge in [-0.3, -0.25) is 0 Å². The summed E-state index contributed by atoms with van der Waals surface area (Å²) >= 11 is 1.75. The van der Waals surface area contributed by atoms with Crippen molar-refractivity contribution in [3.05, 3.63) is 71.4 Å². The van der Waals surface area contributed by atoms with Gasteiger partial charge in [-0.2, -0.15) is 0 Å². The molecule has 0 fully saturated rings. The van der Waals surface area contributed by atoms with E-state index in [0.717, 1.165) is 21.6 Å². The number of thiazole rings is 1. The van der Waals surface area contributed by atoms with E-state index >= 15 is 0 Å². The van der Waals surface area contributed by atoms with Gasteiger partial charge in [-0.1, -0.05) is 43.7 Å². The van der Waals surface area contributed by atoms with Gasteiger partial charge in [0.2, 0.25) is 0 Å². The maximum atomic E-state index is 4.79. The minimum atomic E-state index is 1.05. The number of unbranched alkanes of at least 4 members (excludes halogenated alkanes) is 1. The lowest BCUT2D eigenvalue weighted by atomic mass is 9.99. The van der Waals surface area contributed by atoms with Crippen LogP contribution < -0.4 is 4.90 Å². The number of hydrogen-bond acceptors (Lipinski definition) is 3. The molecular weight excluding hydrogens is 386 g/mol. The topological polar surface area (TPSA) is 16.1 Å². The first-order valence-electron chi connectivity index (χ1n) is 11.0. The number of nitrogens with zero attached hydrogens (tertiary/aromatic N) is 3. The van der Waals surface area contributed by atoms with Crippen molar-refractivity contribution in [3.63, 3.8) is 0 Å². The number of allylic oxidation sites excluding steroid dienone is 2.